The Balaban J connectivity index is 1.90. The van der Waals surface area contributed by atoms with E-state index in [-0.39, 0.29) is 17.3 Å². The van der Waals surface area contributed by atoms with Crippen molar-refractivity contribution in [3.8, 4) is 0 Å². The highest BCUT2D eigenvalue weighted by Crippen LogP contribution is 2.41. The van der Waals surface area contributed by atoms with Crippen LogP contribution in [-0.4, -0.2) is 28.7 Å². The van der Waals surface area contributed by atoms with Gasteiger partial charge in [-0.25, -0.2) is 18.2 Å². The number of halogens is 3. The third-order valence-electron chi connectivity index (χ3n) is 5.35. The molecule has 2 aromatic heterocycles. The molecular formula is C22H19F3N4O2. The molecular weight excluding hydrogens is 409 g/mol. The van der Waals surface area contributed by atoms with Crippen LogP contribution >= 0.6 is 0 Å². The summed E-state index contributed by atoms with van der Waals surface area (Å²) in [6.45, 7) is 1.88. The van der Waals surface area contributed by atoms with Crippen molar-refractivity contribution in [2.24, 2.45) is 4.99 Å². The number of nitrogens with zero attached hydrogens (tertiary/aromatic N) is 3. The number of alkyl halides is 2. The van der Waals surface area contributed by atoms with Crippen LogP contribution in [0.3, 0.4) is 0 Å². The predicted molar refractivity (Wildman–Crippen MR) is 109 cm³/mol. The molecule has 0 saturated heterocycles. The van der Waals surface area contributed by atoms with Gasteiger partial charge in [-0.05, 0) is 36.8 Å². The van der Waals surface area contributed by atoms with E-state index in [0.29, 0.717) is 22.5 Å². The molecule has 0 radical (unpaired) electrons. The number of aliphatic imine (C=N–C) groups is 1. The van der Waals surface area contributed by atoms with E-state index in [1.54, 1.807) is 24.3 Å². The molecule has 9 heteroatoms. The highest BCUT2D eigenvalue weighted by molar-refractivity contribution is 6.00. The van der Waals surface area contributed by atoms with Crippen LogP contribution < -0.4 is 15.7 Å². The minimum atomic E-state index is -2.69. The van der Waals surface area contributed by atoms with Crippen molar-refractivity contribution in [2.45, 2.75) is 24.9 Å². The zero-order chi connectivity index (χ0) is 22.2. The monoisotopic (exact) mass is 428 g/mol. The smallest absolute Gasteiger partial charge is 0.282 e. The Morgan fingerprint density at radius 1 is 1.10 bits per heavy atom. The van der Waals surface area contributed by atoms with E-state index in [1.165, 1.54) is 43.8 Å². The Bertz CT molecular complexity index is 1180. The fourth-order valence-corrected chi connectivity index (χ4v) is 3.77. The summed E-state index contributed by atoms with van der Waals surface area (Å²) in [5.74, 6) is 0.0700. The molecule has 160 valence electrons. The Hall–Kier alpha value is -3.62. The zero-order valence-electron chi connectivity index (χ0n) is 16.7. The molecule has 0 bridgehead atoms. The predicted octanol–water partition coefficient (Wildman–Crippen LogP) is 3.06. The van der Waals surface area contributed by atoms with Crippen molar-refractivity contribution in [3.63, 3.8) is 0 Å². The van der Waals surface area contributed by atoms with Gasteiger partial charge in [-0.15, -0.1) is 0 Å². The van der Waals surface area contributed by atoms with Crippen molar-refractivity contribution in [1.82, 2.24) is 15.0 Å². The maximum absolute atomic E-state index is 13.6. The molecule has 0 aliphatic carbocycles. The van der Waals surface area contributed by atoms with Gasteiger partial charge in [-0.1, -0.05) is 18.2 Å². The average molecular weight is 428 g/mol. The first-order valence-corrected chi connectivity index (χ1v) is 9.49. The van der Waals surface area contributed by atoms with Gasteiger partial charge in [0.2, 0.25) is 0 Å². The van der Waals surface area contributed by atoms with Gasteiger partial charge in [0.25, 0.3) is 12.0 Å². The average Bonchev–Trinajstić information content (AvgIpc) is 3.12. The molecule has 1 aliphatic rings. The maximum atomic E-state index is 13.6. The second kappa shape index (κ2) is 7.90. The van der Waals surface area contributed by atoms with Crippen LogP contribution in [0.15, 0.2) is 70.7 Å². The Morgan fingerprint density at radius 3 is 2.42 bits per heavy atom. The number of aromatic nitrogens is 2. The van der Waals surface area contributed by atoms with Gasteiger partial charge in [-0.3, -0.25) is 9.78 Å². The van der Waals surface area contributed by atoms with Gasteiger partial charge in [0.05, 0.1) is 12.2 Å². The first-order chi connectivity index (χ1) is 14.8. The van der Waals surface area contributed by atoms with Gasteiger partial charge < -0.3 is 10.2 Å². The zero-order valence-corrected chi connectivity index (χ0v) is 16.7. The van der Waals surface area contributed by atoms with Crippen LogP contribution in [0, 0.1) is 5.82 Å². The number of pyridine rings is 2. The fourth-order valence-electron chi connectivity index (χ4n) is 3.77. The molecule has 31 heavy (non-hydrogen) atoms. The molecule has 4 rings (SSSR count). The normalized spacial score (nSPS) is 20.5. The number of nitrogens with one attached hydrogen (secondary N) is 1. The molecule has 3 aromatic rings. The van der Waals surface area contributed by atoms with Crippen LogP contribution in [0.4, 0.5) is 13.2 Å². The van der Waals surface area contributed by atoms with Crippen LogP contribution in [-0.2, 0) is 5.54 Å². The Morgan fingerprint density at radius 2 is 1.81 bits per heavy atom. The molecule has 2 atom stereocenters. The first-order valence-electron chi connectivity index (χ1n) is 9.49. The maximum Gasteiger partial charge on any atom is 0.282 e. The number of benzene rings is 1. The standard InChI is InChI=1S/C22H19F3N4O2/c1-13-22(15-4-7-17(23)8-5-15,16-6-9-18(20(24)25)26-11-16)28-21(27-13)14-3-10-19(30)29(12-14)31-2/h3-13,20H,1-2H3,(H,27,28)/t13-,22-/m0/s1. The first kappa shape index (κ1) is 20.6. The minimum absolute atomic E-state index is 0.338. The third kappa shape index (κ3) is 3.56. The molecule has 0 saturated carbocycles. The topological polar surface area (TPSA) is 68.5 Å². The lowest BCUT2D eigenvalue weighted by molar-refractivity contribution is 0.146. The third-order valence-corrected chi connectivity index (χ3v) is 5.35. The summed E-state index contributed by atoms with van der Waals surface area (Å²) < 4.78 is 40.7. The Kier molecular flexibility index (Phi) is 5.26. The van der Waals surface area contributed by atoms with Crippen molar-refractivity contribution >= 4 is 5.84 Å². The molecule has 0 amide bonds. The summed E-state index contributed by atoms with van der Waals surface area (Å²) >= 11 is 0. The van der Waals surface area contributed by atoms with Crippen molar-refractivity contribution < 1.29 is 18.0 Å². The summed E-state index contributed by atoms with van der Waals surface area (Å²) in [5.41, 5.74) is 0.0936. The summed E-state index contributed by atoms with van der Waals surface area (Å²) in [4.78, 5) is 25.7. The van der Waals surface area contributed by atoms with Crippen molar-refractivity contribution in [3.05, 3.63) is 99.5 Å². The largest absolute Gasteiger partial charge is 0.414 e. The van der Waals surface area contributed by atoms with E-state index in [4.69, 9.17) is 9.83 Å². The second-order valence-corrected chi connectivity index (χ2v) is 7.14. The van der Waals surface area contributed by atoms with E-state index < -0.39 is 17.8 Å². The molecule has 0 fully saturated rings. The number of hydrogen-bond acceptors (Lipinski definition) is 5. The van der Waals surface area contributed by atoms with Crippen LogP contribution in [0.5, 0.6) is 0 Å². The quantitative estimate of drug-likeness (QED) is 0.678. The van der Waals surface area contributed by atoms with Crippen molar-refractivity contribution in [1.29, 1.82) is 0 Å². The molecule has 1 aliphatic heterocycles. The number of rotatable bonds is 5. The lowest BCUT2D eigenvalue weighted by atomic mass is 9.79. The summed E-state index contributed by atoms with van der Waals surface area (Å²) in [5, 5.41) is 3.29. The van der Waals surface area contributed by atoms with Crippen LogP contribution in [0.2, 0.25) is 0 Å². The Labute approximate surface area is 176 Å². The summed E-state index contributed by atoms with van der Waals surface area (Å²) in [6.07, 6.45) is 0.176. The number of hydrogen-bond donors (Lipinski definition) is 1. The lowest BCUT2D eigenvalue weighted by Crippen LogP contribution is -2.41. The fraction of sp³-hybridized carbons (Fsp3) is 0.227. The summed E-state index contributed by atoms with van der Waals surface area (Å²) in [7, 11) is 1.37. The van der Waals surface area contributed by atoms with E-state index in [1.807, 2.05) is 6.92 Å². The van der Waals surface area contributed by atoms with E-state index >= 15 is 0 Å². The van der Waals surface area contributed by atoms with Gasteiger partial charge >= 0.3 is 0 Å². The molecule has 3 heterocycles. The number of amidine groups is 1. The highest BCUT2D eigenvalue weighted by Gasteiger charge is 2.45. The van der Waals surface area contributed by atoms with E-state index in [9.17, 15) is 18.0 Å². The molecule has 0 unspecified atom stereocenters. The SMILES string of the molecule is COn1cc(C2=N[C@@](c3ccc(F)cc3)(c3ccc(C(F)F)nc3)[C@H](C)N2)ccc1=O. The van der Waals surface area contributed by atoms with Crippen molar-refractivity contribution in [2.75, 3.05) is 7.11 Å². The van der Waals surface area contributed by atoms with E-state index in [0.717, 1.165) is 4.73 Å². The molecule has 6 nitrogen and oxygen atoms in total. The molecule has 0 spiro atoms. The van der Waals surface area contributed by atoms with E-state index in [2.05, 4.69) is 10.3 Å². The minimum Gasteiger partial charge on any atom is -0.414 e. The van der Waals surface area contributed by atoms with Gasteiger partial charge in [-0.2, -0.15) is 4.73 Å². The van der Waals surface area contributed by atoms with Gasteiger partial charge in [0.15, 0.2) is 0 Å². The molecule has 1 N–H and O–H groups in total. The van der Waals surface area contributed by atoms with Gasteiger partial charge in [0, 0.05) is 23.4 Å². The second-order valence-electron chi connectivity index (χ2n) is 7.14. The summed E-state index contributed by atoms with van der Waals surface area (Å²) in [6, 6.07) is 11.3. The van der Waals surface area contributed by atoms with Crippen LogP contribution in [0.1, 0.15) is 35.7 Å². The lowest BCUT2D eigenvalue weighted by Gasteiger charge is -2.31. The highest BCUT2D eigenvalue weighted by atomic mass is 19.3. The van der Waals surface area contributed by atoms with Gasteiger partial charge in [0.1, 0.15) is 30.0 Å². The van der Waals surface area contributed by atoms with Crippen LogP contribution in [0.25, 0.3) is 0 Å². The molecule has 1 aromatic carbocycles.